The van der Waals surface area contributed by atoms with E-state index in [0.29, 0.717) is 0 Å². The molecule has 0 saturated heterocycles. The highest BCUT2D eigenvalue weighted by molar-refractivity contribution is 5.96. The minimum atomic E-state index is -5.20. The van der Waals surface area contributed by atoms with Crippen LogP contribution in [-0.4, -0.2) is 35.3 Å². The van der Waals surface area contributed by atoms with Gasteiger partial charge >= 0.3 is 12.1 Å². The van der Waals surface area contributed by atoms with Gasteiger partial charge in [0.25, 0.3) is 11.6 Å². The number of furan rings is 1. The van der Waals surface area contributed by atoms with Crippen molar-refractivity contribution < 1.29 is 31.9 Å². The van der Waals surface area contributed by atoms with Gasteiger partial charge in [-0.05, 0) is 31.2 Å². The average molecular weight is 371 g/mol. The number of amides is 1. The largest absolute Gasteiger partial charge is 0.463 e. The Balaban J connectivity index is 2.36. The number of alkyl halides is 3. The number of carbonyl (C=O) groups excluding carboxylic acids is 2. The van der Waals surface area contributed by atoms with Crippen LogP contribution in [0.3, 0.4) is 0 Å². The quantitative estimate of drug-likeness (QED) is 0.571. The predicted octanol–water partition coefficient (Wildman–Crippen LogP) is 2.02. The molecule has 2 aromatic rings. The molecule has 26 heavy (non-hydrogen) atoms. The van der Waals surface area contributed by atoms with Crippen molar-refractivity contribution in [2.75, 3.05) is 6.61 Å². The molecule has 2 N–H and O–H groups in total. The molecule has 10 heteroatoms. The van der Waals surface area contributed by atoms with Crippen LogP contribution in [0.4, 0.5) is 13.2 Å². The number of ether oxygens (including phenoxy) is 1. The summed E-state index contributed by atoms with van der Waals surface area (Å²) >= 11 is 0. The summed E-state index contributed by atoms with van der Waals surface area (Å²) in [6.07, 6.45) is -2.69. The van der Waals surface area contributed by atoms with E-state index in [0.717, 1.165) is 6.26 Å². The Morgan fingerprint density at radius 3 is 2.54 bits per heavy atom. The minimum Gasteiger partial charge on any atom is -0.463 e. The van der Waals surface area contributed by atoms with E-state index in [-0.39, 0.29) is 18.1 Å². The first kappa shape index (κ1) is 19.4. The first-order valence-electron chi connectivity index (χ1n) is 7.55. The van der Waals surface area contributed by atoms with Gasteiger partial charge in [0.1, 0.15) is 0 Å². The molecular weight excluding hydrogens is 355 g/mol. The van der Waals surface area contributed by atoms with Crippen molar-refractivity contribution in [1.82, 2.24) is 15.6 Å². The Bertz CT molecular complexity index is 735. The van der Waals surface area contributed by atoms with Crippen LogP contribution in [0, 0.1) is 0 Å². The van der Waals surface area contributed by atoms with Crippen molar-refractivity contribution >= 4 is 11.9 Å². The molecule has 140 valence electrons. The van der Waals surface area contributed by atoms with Gasteiger partial charge in [0.05, 0.1) is 18.6 Å². The van der Waals surface area contributed by atoms with Gasteiger partial charge in [-0.2, -0.15) is 13.2 Å². The number of esters is 1. The summed E-state index contributed by atoms with van der Waals surface area (Å²) in [5.41, 5.74) is -3.23. The highest BCUT2D eigenvalue weighted by atomic mass is 19.4. The zero-order valence-electron chi connectivity index (χ0n) is 13.7. The fraction of sp³-hybridized carbons (Fsp3) is 0.312. The van der Waals surface area contributed by atoms with Crippen LogP contribution >= 0.6 is 0 Å². The van der Waals surface area contributed by atoms with E-state index in [9.17, 15) is 22.8 Å². The lowest BCUT2D eigenvalue weighted by Gasteiger charge is -2.34. The molecule has 2 aromatic heterocycles. The minimum absolute atomic E-state index is 0.234. The van der Waals surface area contributed by atoms with Crippen molar-refractivity contribution in [3.63, 3.8) is 0 Å². The van der Waals surface area contributed by atoms with E-state index in [4.69, 9.17) is 4.42 Å². The third-order valence-electron chi connectivity index (χ3n) is 3.31. The average Bonchev–Trinajstić information content (AvgIpc) is 3.13. The van der Waals surface area contributed by atoms with E-state index in [1.807, 2.05) is 5.32 Å². The summed E-state index contributed by atoms with van der Waals surface area (Å²) < 4.78 is 50.8. The van der Waals surface area contributed by atoms with Crippen molar-refractivity contribution in [2.45, 2.75) is 25.3 Å². The maximum Gasteiger partial charge on any atom is 0.436 e. The second kappa shape index (κ2) is 8.00. The van der Waals surface area contributed by atoms with Crippen molar-refractivity contribution in [3.05, 3.63) is 54.2 Å². The van der Waals surface area contributed by atoms with Crippen LogP contribution in [-0.2, 0) is 16.1 Å². The lowest BCUT2D eigenvalue weighted by Crippen LogP contribution is -2.72. The fourth-order valence-electron chi connectivity index (χ4n) is 2.06. The molecule has 7 nitrogen and oxygen atoms in total. The maximum atomic E-state index is 13.8. The molecule has 0 aliphatic rings. The van der Waals surface area contributed by atoms with Gasteiger partial charge in [-0.15, -0.1) is 0 Å². The zero-order chi connectivity index (χ0) is 19.2. The van der Waals surface area contributed by atoms with Crippen molar-refractivity contribution in [1.29, 1.82) is 0 Å². The van der Waals surface area contributed by atoms with Gasteiger partial charge < -0.3 is 14.5 Å². The molecule has 1 atom stereocenters. The number of carbonyl (C=O) groups is 2. The second-order valence-electron chi connectivity index (χ2n) is 5.07. The normalized spacial score (nSPS) is 13.7. The van der Waals surface area contributed by atoms with Crippen molar-refractivity contribution in [3.8, 4) is 0 Å². The third kappa shape index (κ3) is 4.20. The zero-order valence-corrected chi connectivity index (χ0v) is 13.7. The maximum absolute atomic E-state index is 13.8. The van der Waals surface area contributed by atoms with Crippen LogP contribution < -0.4 is 10.6 Å². The number of rotatable bonds is 7. The monoisotopic (exact) mass is 371 g/mol. The first-order chi connectivity index (χ1) is 12.3. The highest BCUT2D eigenvalue weighted by Crippen LogP contribution is 2.30. The van der Waals surface area contributed by atoms with Crippen LogP contribution in [0.5, 0.6) is 0 Å². The predicted molar refractivity (Wildman–Crippen MR) is 82.7 cm³/mol. The third-order valence-corrected chi connectivity index (χ3v) is 3.31. The summed E-state index contributed by atoms with van der Waals surface area (Å²) in [5.74, 6) is -3.31. The van der Waals surface area contributed by atoms with Crippen LogP contribution in [0.2, 0.25) is 0 Å². The summed E-state index contributed by atoms with van der Waals surface area (Å²) in [4.78, 5) is 28.2. The molecule has 2 rings (SSSR count). The Hall–Kier alpha value is -2.88. The van der Waals surface area contributed by atoms with Gasteiger partial charge in [0, 0.05) is 12.7 Å². The smallest absolute Gasteiger partial charge is 0.436 e. The lowest BCUT2D eigenvalue weighted by molar-refractivity contribution is -0.219. The molecule has 0 aliphatic carbocycles. The standard InChI is InChI=1S/C16H16F3N3O4/c1-2-25-14(24)15(16(17,18)19,21-10-11-6-3-4-8-20-11)22-13(23)12-7-5-9-26-12/h3-9,21H,2,10H2,1H3,(H,22,23)/t15-/m1/s1. The number of halogens is 3. The van der Waals surface area contributed by atoms with Crippen LogP contribution in [0.25, 0.3) is 0 Å². The molecule has 0 bridgehead atoms. The lowest BCUT2D eigenvalue weighted by atomic mass is 10.1. The SMILES string of the molecule is CCOC(=O)[C@@](NCc1ccccn1)(NC(=O)c1ccco1)C(F)(F)F. The van der Waals surface area contributed by atoms with E-state index in [2.05, 4.69) is 9.72 Å². The number of hydrogen-bond acceptors (Lipinski definition) is 6. The number of nitrogens with one attached hydrogen (secondary N) is 2. The molecule has 1 amide bonds. The van der Waals surface area contributed by atoms with Crippen molar-refractivity contribution in [2.24, 2.45) is 0 Å². The van der Waals surface area contributed by atoms with Crippen LogP contribution in [0.15, 0.2) is 47.2 Å². The Morgan fingerprint density at radius 1 is 1.23 bits per heavy atom. The molecule has 0 saturated carbocycles. The summed E-state index contributed by atoms with van der Waals surface area (Å²) in [6, 6.07) is 7.12. The summed E-state index contributed by atoms with van der Waals surface area (Å²) in [7, 11) is 0. The van der Waals surface area contributed by atoms with Gasteiger partial charge in [0.2, 0.25) is 0 Å². The highest BCUT2D eigenvalue weighted by Gasteiger charge is 2.63. The van der Waals surface area contributed by atoms with E-state index in [1.165, 1.54) is 31.3 Å². The molecular formula is C16H16F3N3O4. The van der Waals surface area contributed by atoms with Gasteiger partial charge in [0.15, 0.2) is 5.76 Å². The Morgan fingerprint density at radius 2 is 2.00 bits per heavy atom. The van der Waals surface area contributed by atoms with Gasteiger partial charge in [-0.25, -0.2) is 4.79 Å². The molecule has 0 unspecified atom stereocenters. The number of hydrogen-bond donors (Lipinski definition) is 2. The first-order valence-corrected chi connectivity index (χ1v) is 7.55. The number of pyridine rings is 1. The Kier molecular flexibility index (Phi) is 5.98. The summed E-state index contributed by atoms with van der Waals surface area (Å²) in [5, 5.41) is 3.69. The van der Waals surface area contributed by atoms with E-state index < -0.39 is 30.3 Å². The molecule has 0 aromatic carbocycles. The Labute approximate surface area is 146 Å². The number of nitrogens with zero attached hydrogens (tertiary/aromatic N) is 1. The molecule has 2 heterocycles. The molecule has 0 fully saturated rings. The summed E-state index contributed by atoms with van der Waals surface area (Å²) in [6.45, 7) is 0.599. The second-order valence-corrected chi connectivity index (χ2v) is 5.07. The van der Waals surface area contributed by atoms with E-state index in [1.54, 1.807) is 17.4 Å². The fourth-order valence-corrected chi connectivity index (χ4v) is 2.06. The van der Waals surface area contributed by atoms with Gasteiger partial charge in [-0.1, -0.05) is 6.07 Å². The molecule has 0 radical (unpaired) electrons. The molecule has 0 spiro atoms. The van der Waals surface area contributed by atoms with Gasteiger partial charge in [-0.3, -0.25) is 15.1 Å². The van der Waals surface area contributed by atoms with E-state index >= 15 is 0 Å². The van der Waals surface area contributed by atoms with Crippen LogP contribution in [0.1, 0.15) is 23.2 Å². The molecule has 0 aliphatic heterocycles. The topological polar surface area (TPSA) is 93.5 Å². The number of aromatic nitrogens is 1.